The minimum atomic E-state index is -0.575. The molecule has 0 spiro atoms. The molecule has 0 radical (unpaired) electrons. The monoisotopic (exact) mass is 273 g/mol. The van der Waals surface area contributed by atoms with Crippen LogP contribution in [0.25, 0.3) is 0 Å². The first-order chi connectivity index (χ1) is 8.62. The average molecular weight is 274 g/mol. The number of hydrogen-bond acceptors (Lipinski definition) is 4. The van der Waals surface area contributed by atoms with Crippen molar-refractivity contribution in [2.24, 2.45) is 0 Å². The fourth-order valence-corrected chi connectivity index (χ4v) is 1.63. The van der Waals surface area contributed by atoms with E-state index in [1.165, 1.54) is 21.3 Å². The van der Waals surface area contributed by atoms with E-state index >= 15 is 0 Å². The number of methoxy groups -OCH3 is 3. The lowest BCUT2D eigenvalue weighted by Gasteiger charge is -2.14. The number of benzene rings is 1. The number of hydrogen-bond donors (Lipinski definition) is 1. The van der Waals surface area contributed by atoms with Gasteiger partial charge in [-0.3, -0.25) is 4.79 Å². The third-order valence-corrected chi connectivity index (χ3v) is 2.72. The molecule has 18 heavy (non-hydrogen) atoms. The summed E-state index contributed by atoms with van der Waals surface area (Å²) in [7, 11) is 4.46. The zero-order valence-corrected chi connectivity index (χ0v) is 11.3. The van der Waals surface area contributed by atoms with Gasteiger partial charge in [0.25, 0.3) is 0 Å². The number of rotatable bonds is 6. The van der Waals surface area contributed by atoms with Crippen molar-refractivity contribution in [2.45, 2.75) is 12.7 Å². The fraction of sp³-hybridized carbons (Fsp3) is 0.417. The summed E-state index contributed by atoms with van der Waals surface area (Å²) in [5.41, 5.74) is 0.493. The van der Waals surface area contributed by atoms with E-state index in [-0.39, 0.29) is 12.3 Å². The van der Waals surface area contributed by atoms with Gasteiger partial charge in [-0.15, -0.1) is 0 Å². The predicted molar refractivity (Wildman–Crippen MR) is 69.1 cm³/mol. The van der Waals surface area contributed by atoms with E-state index in [1.54, 1.807) is 18.2 Å². The Labute approximate surface area is 111 Å². The van der Waals surface area contributed by atoms with Crippen LogP contribution in [0.4, 0.5) is 5.69 Å². The van der Waals surface area contributed by atoms with Gasteiger partial charge >= 0.3 is 0 Å². The van der Waals surface area contributed by atoms with Crippen molar-refractivity contribution in [1.82, 2.24) is 0 Å². The molecule has 1 amide bonds. The molecule has 0 aliphatic carbocycles. The van der Waals surface area contributed by atoms with E-state index < -0.39 is 6.29 Å². The lowest BCUT2D eigenvalue weighted by atomic mass is 10.3. The molecular weight excluding hydrogens is 258 g/mol. The van der Waals surface area contributed by atoms with Crippen LogP contribution in [0.3, 0.4) is 0 Å². The van der Waals surface area contributed by atoms with Crippen LogP contribution in [0.5, 0.6) is 5.75 Å². The maximum absolute atomic E-state index is 11.7. The molecule has 0 unspecified atom stereocenters. The summed E-state index contributed by atoms with van der Waals surface area (Å²) in [5, 5.41) is 3.03. The number of ether oxygens (including phenoxy) is 3. The van der Waals surface area contributed by atoms with Crippen LogP contribution in [0, 0.1) is 0 Å². The van der Waals surface area contributed by atoms with Crippen LogP contribution in [-0.2, 0) is 14.3 Å². The summed E-state index contributed by atoms with van der Waals surface area (Å²) in [4.78, 5) is 11.7. The maximum Gasteiger partial charge on any atom is 0.229 e. The SMILES string of the molecule is COc1cccc(NC(=O)CC(OC)OC)c1Cl. The Morgan fingerprint density at radius 2 is 2.00 bits per heavy atom. The van der Waals surface area contributed by atoms with Gasteiger partial charge < -0.3 is 19.5 Å². The molecule has 1 aromatic rings. The summed E-state index contributed by atoms with van der Waals surface area (Å²) in [5.74, 6) is 0.253. The van der Waals surface area contributed by atoms with Gasteiger partial charge in [0, 0.05) is 14.2 Å². The normalized spacial score (nSPS) is 10.5. The number of halogens is 1. The second-order valence-electron chi connectivity index (χ2n) is 3.48. The van der Waals surface area contributed by atoms with Crippen molar-refractivity contribution in [1.29, 1.82) is 0 Å². The second kappa shape index (κ2) is 7.20. The van der Waals surface area contributed by atoms with Crippen molar-refractivity contribution in [3.63, 3.8) is 0 Å². The molecule has 0 fully saturated rings. The molecule has 6 heteroatoms. The standard InChI is InChI=1S/C12H16ClNO4/c1-16-9-6-4-5-8(12(9)13)14-10(15)7-11(17-2)18-3/h4-6,11H,7H2,1-3H3,(H,14,15). The van der Waals surface area contributed by atoms with Gasteiger partial charge in [-0.25, -0.2) is 0 Å². The summed E-state index contributed by atoms with van der Waals surface area (Å²) in [6.45, 7) is 0. The van der Waals surface area contributed by atoms with Crippen LogP contribution in [-0.4, -0.2) is 33.5 Å². The Bertz CT molecular complexity index is 407. The second-order valence-corrected chi connectivity index (χ2v) is 3.85. The molecule has 0 aliphatic rings. The van der Waals surface area contributed by atoms with Crippen molar-refractivity contribution in [3.8, 4) is 5.75 Å². The molecule has 0 heterocycles. The van der Waals surface area contributed by atoms with Crippen LogP contribution in [0.15, 0.2) is 18.2 Å². The van der Waals surface area contributed by atoms with Gasteiger partial charge in [-0.2, -0.15) is 0 Å². The minimum absolute atomic E-state index is 0.0839. The lowest BCUT2D eigenvalue weighted by Crippen LogP contribution is -2.22. The van der Waals surface area contributed by atoms with Gasteiger partial charge in [0.05, 0.1) is 19.2 Å². The van der Waals surface area contributed by atoms with E-state index in [1.807, 2.05) is 0 Å². The molecule has 1 aromatic carbocycles. The molecule has 0 bridgehead atoms. The van der Waals surface area contributed by atoms with Gasteiger partial charge in [0.1, 0.15) is 10.8 Å². The van der Waals surface area contributed by atoms with Crippen molar-refractivity contribution in [3.05, 3.63) is 23.2 Å². The highest BCUT2D eigenvalue weighted by Gasteiger charge is 2.14. The fourth-order valence-electron chi connectivity index (χ4n) is 1.38. The van der Waals surface area contributed by atoms with E-state index in [0.717, 1.165) is 0 Å². The number of carbonyl (C=O) groups is 1. The predicted octanol–water partition coefficient (Wildman–Crippen LogP) is 2.30. The van der Waals surface area contributed by atoms with E-state index in [2.05, 4.69) is 5.32 Å². The van der Waals surface area contributed by atoms with Crippen LogP contribution in [0.2, 0.25) is 5.02 Å². The number of amides is 1. The minimum Gasteiger partial charge on any atom is -0.495 e. The highest BCUT2D eigenvalue weighted by molar-refractivity contribution is 6.35. The molecule has 1 N–H and O–H groups in total. The topological polar surface area (TPSA) is 56.8 Å². The van der Waals surface area contributed by atoms with E-state index in [4.69, 9.17) is 25.8 Å². The van der Waals surface area contributed by atoms with E-state index in [9.17, 15) is 4.79 Å². The highest BCUT2D eigenvalue weighted by atomic mass is 35.5. The summed E-state index contributed by atoms with van der Waals surface area (Å²) >= 11 is 6.06. The Morgan fingerprint density at radius 1 is 1.33 bits per heavy atom. The van der Waals surface area contributed by atoms with Gasteiger partial charge in [-0.05, 0) is 12.1 Å². The van der Waals surface area contributed by atoms with Crippen molar-refractivity contribution >= 4 is 23.2 Å². The quantitative estimate of drug-likeness (QED) is 0.808. The molecular formula is C12H16ClNO4. The van der Waals surface area contributed by atoms with Crippen LogP contribution < -0.4 is 10.1 Å². The van der Waals surface area contributed by atoms with E-state index in [0.29, 0.717) is 16.5 Å². The number of anilines is 1. The van der Waals surface area contributed by atoms with Gasteiger partial charge in [0.2, 0.25) is 5.91 Å². The molecule has 0 saturated heterocycles. The third kappa shape index (κ3) is 3.87. The first kappa shape index (κ1) is 14.8. The maximum atomic E-state index is 11.7. The van der Waals surface area contributed by atoms with Crippen LogP contribution >= 0.6 is 11.6 Å². The average Bonchev–Trinajstić information content (AvgIpc) is 2.38. The molecule has 0 atom stereocenters. The number of carbonyl (C=O) groups excluding carboxylic acids is 1. The molecule has 100 valence electrons. The number of nitrogens with one attached hydrogen (secondary N) is 1. The smallest absolute Gasteiger partial charge is 0.229 e. The molecule has 1 rings (SSSR count). The van der Waals surface area contributed by atoms with Crippen molar-refractivity contribution < 1.29 is 19.0 Å². The lowest BCUT2D eigenvalue weighted by molar-refractivity contribution is -0.134. The molecule has 0 saturated carbocycles. The third-order valence-electron chi connectivity index (χ3n) is 2.34. The van der Waals surface area contributed by atoms with Gasteiger partial charge in [-0.1, -0.05) is 17.7 Å². The molecule has 0 aliphatic heterocycles. The summed E-state index contributed by atoms with van der Waals surface area (Å²) in [6.07, 6.45) is -0.491. The van der Waals surface area contributed by atoms with Crippen LogP contribution in [0.1, 0.15) is 6.42 Å². The van der Waals surface area contributed by atoms with Crippen molar-refractivity contribution in [2.75, 3.05) is 26.6 Å². The Morgan fingerprint density at radius 3 is 2.56 bits per heavy atom. The largest absolute Gasteiger partial charge is 0.495 e. The zero-order chi connectivity index (χ0) is 13.5. The zero-order valence-electron chi connectivity index (χ0n) is 10.5. The van der Waals surface area contributed by atoms with Gasteiger partial charge in [0.15, 0.2) is 6.29 Å². The Balaban J connectivity index is 2.70. The first-order valence-corrected chi connectivity index (χ1v) is 5.68. The Hall–Kier alpha value is -1.30. The summed E-state index contributed by atoms with van der Waals surface area (Å²) in [6, 6.07) is 5.15. The highest BCUT2D eigenvalue weighted by Crippen LogP contribution is 2.31. The Kier molecular flexibility index (Phi) is 5.91. The molecule has 0 aromatic heterocycles. The first-order valence-electron chi connectivity index (χ1n) is 5.30. The summed E-state index contributed by atoms with van der Waals surface area (Å²) < 4.78 is 14.9. The molecule has 5 nitrogen and oxygen atoms in total.